The van der Waals surface area contributed by atoms with Crippen LogP contribution in [0.25, 0.3) is 0 Å². The van der Waals surface area contributed by atoms with Gasteiger partial charge in [-0.15, -0.1) is 0 Å². The number of carbonyl (C=O) groups is 1. The van der Waals surface area contributed by atoms with Gasteiger partial charge in [0.05, 0.1) is 11.1 Å². The van der Waals surface area contributed by atoms with Crippen molar-refractivity contribution in [3.05, 3.63) is 23.8 Å². The van der Waals surface area contributed by atoms with Crippen molar-refractivity contribution in [1.29, 1.82) is 0 Å². The molecule has 23 heavy (non-hydrogen) atoms. The third kappa shape index (κ3) is 6.36. The van der Waals surface area contributed by atoms with Crippen molar-refractivity contribution in [3.8, 4) is 11.5 Å². The molecule has 1 amide bonds. The number of rotatable bonds is 5. The first-order valence-electron chi connectivity index (χ1n) is 7.67. The first-order valence-corrected chi connectivity index (χ1v) is 7.67. The molecule has 1 atom stereocenters. The predicted octanol–water partition coefficient (Wildman–Crippen LogP) is 3.05. The van der Waals surface area contributed by atoms with Gasteiger partial charge in [0.15, 0.2) is 0 Å². The van der Waals surface area contributed by atoms with Crippen molar-refractivity contribution >= 4 is 6.09 Å². The summed E-state index contributed by atoms with van der Waals surface area (Å²) in [6, 6.07) is 4.35. The maximum absolute atomic E-state index is 11.9. The van der Waals surface area contributed by atoms with Crippen molar-refractivity contribution in [2.75, 3.05) is 6.54 Å². The minimum Gasteiger partial charge on any atom is -0.507 e. The number of alkyl carbamates (subject to hydrolysis) is 1. The summed E-state index contributed by atoms with van der Waals surface area (Å²) in [6.45, 7) is 11.4. The Bertz CT molecular complexity index is 530. The normalized spacial score (nSPS) is 13.5. The number of ether oxygens (including phenoxy) is 1. The fourth-order valence-electron chi connectivity index (χ4n) is 2.12. The molecular weight excluding hydrogens is 296 g/mol. The summed E-state index contributed by atoms with van der Waals surface area (Å²) in [4.78, 5) is 11.9. The van der Waals surface area contributed by atoms with Crippen molar-refractivity contribution in [2.24, 2.45) is 0 Å². The molecule has 1 aromatic rings. The maximum Gasteiger partial charge on any atom is 0.408 e. The third-order valence-corrected chi connectivity index (χ3v) is 3.18. The second-order valence-corrected chi connectivity index (χ2v) is 7.32. The van der Waals surface area contributed by atoms with E-state index in [1.54, 1.807) is 26.8 Å². The molecule has 1 unspecified atom stereocenters. The van der Waals surface area contributed by atoms with Gasteiger partial charge in [-0.2, -0.15) is 0 Å². The minimum absolute atomic E-state index is 0.0305. The third-order valence-electron chi connectivity index (χ3n) is 3.18. The molecule has 0 fully saturated rings. The molecular formula is C17H28N2O4. The monoisotopic (exact) mass is 324 g/mol. The lowest BCUT2D eigenvalue weighted by Crippen LogP contribution is -2.51. The van der Waals surface area contributed by atoms with Crippen LogP contribution in [0.4, 0.5) is 4.79 Å². The summed E-state index contributed by atoms with van der Waals surface area (Å²) in [5.41, 5.74) is -0.681. The first-order chi connectivity index (χ1) is 10.4. The zero-order valence-electron chi connectivity index (χ0n) is 14.7. The van der Waals surface area contributed by atoms with Gasteiger partial charge in [0, 0.05) is 12.6 Å². The number of amides is 1. The van der Waals surface area contributed by atoms with Gasteiger partial charge in [-0.1, -0.05) is 6.07 Å². The number of aromatic hydroxyl groups is 2. The number of hydrogen-bond donors (Lipinski definition) is 4. The van der Waals surface area contributed by atoms with Crippen LogP contribution >= 0.6 is 0 Å². The van der Waals surface area contributed by atoms with Crippen molar-refractivity contribution in [2.45, 2.75) is 58.7 Å². The Morgan fingerprint density at radius 2 is 1.70 bits per heavy atom. The van der Waals surface area contributed by atoms with Gasteiger partial charge in [0.25, 0.3) is 0 Å². The van der Waals surface area contributed by atoms with E-state index in [2.05, 4.69) is 10.6 Å². The summed E-state index contributed by atoms with van der Waals surface area (Å²) in [7, 11) is 0. The molecule has 6 heteroatoms. The van der Waals surface area contributed by atoms with Crippen molar-refractivity contribution < 1.29 is 19.7 Å². The average Bonchev–Trinajstić information content (AvgIpc) is 2.33. The van der Waals surface area contributed by atoms with Crippen LogP contribution in [-0.4, -0.2) is 34.0 Å². The molecule has 0 bridgehead atoms. The second-order valence-electron chi connectivity index (χ2n) is 7.32. The van der Waals surface area contributed by atoms with Gasteiger partial charge in [-0.25, -0.2) is 4.79 Å². The number of phenolic OH excluding ortho intramolecular Hbond substituents is 2. The Balaban J connectivity index is 2.63. The van der Waals surface area contributed by atoms with Gasteiger partial charge < -0.3 is 25.6 Å². The number of nitrogens with one attached hydrogen (secondary N) is 2. The molecule has 0 heterocycles. The topological polar surface area (TPSA) is 90.8 Å². The summed E-state index contributed by atoms with van der Waals surface area (Å²) in [5, 5.41) is 25.7. The van der Waals surface area contributed by atoms with E-state index >= 15 is 0 Å². The van der Waals surface area contributed by atoms with Crippen LogP contribution in [-0.2, 0) is 4.74 Å². The minimum atomic E-state index is -0.559. The summed E-state index contributed by atoms with van der Waals surface area (Å²) >= 11 is 0. The van der Waals surface area contributed by atoms with Crippen molar-refractivity contribution in [1.82, 2.24) is 10.6 Å². The van der Waals surface area contributed by atoms with Crippen LogP contribution in [0.2, 0.25) is 0 Å². The van der Waals surface area contributed by atoms with Crippen molar-refractivity contribution in [3.63, 3.8) is 0 Å². The van der Waals surface area contributed by atoms with Gasteiger partial charge in [0.2, 0.25) is 0 Å². The standard InChI is InChI=1S/C17H28N2O4/c1-11(14-12(20)8-7-9-13(14)21)18-10-17(5,6)19-15(22)23-16(2,3)4/h7-9,11,18,20-21H,10H2,1-6H3,(H,19,22). The fourth-order valence-corrected chi connectivity index (χ4v) is 2.12. The lowest BCUT2D eigenvalue weighted by Gasteiger charge is -2.30. The molecule has 6 nitrogen and oxygen atoms in total. The van der Waals surface area contributed by atoms with E-state index < -0.39 is 17.2 Å². The highest BCUT2D eigenvalue weighted by molar-refractivity contribution is 5.68. The van der Waals surface area contributed by atoms with E-state index in [9.17, 15) is 15.0 Å². The van der Waals surface area contributed by atoms with Gasteiger partial charge in [0.1, 0.15) is 17.1 Å². The van der Waals surface area contributed by atoms with E-state index in [4.69, 9.17) is 4.74 Å². The molecule has 0 aromatic heterocycles. The quantitative estimate of drug-likeness (QED) is 0.668. The molecule has 0 spiro atoms. The lowest BCUT2D eigenvalue weighted by atomic mass is 10.0. The molecule has 0 saturated carbocycles. The van der Waals surface area contributed by atoms with Crippen LogP contribution in [0.1, 0.15) is 53.1 Å². The van der Waals surface area contributed by atoms with Crippen LogP contribution in [0.5, 0.6) is 11.5 Å². The Kier molecular flexibility index (Phi) is 5.88. The molecule has 0 aliphatic rings. The van der Waals surface area contributed by atoms with Gasteiger partial charge >= 0.3 is 6.09 Å². The van der Waals surface area contributed by atoms with Crippen LogP contribution < -0.4 is 10.6 Å². The molecule has 0 aliphatic carbocycles. The molecule has 4 N–H and O–H groups in total. The molecule has 1 aromatic carbocycles. The van der Waals surface area contributed by atoms with E-state index in [0.717, 1.165) is 0 Å². The summed E-state index contributed by atoms with van der Waals surface area (Å²) in [5.74, 6) is 0.0609. The van der Waals surface area contributed by atoms with Gasteiger partial charge in [-0.3, -0.25) is 0 Å². The average molecular weight is 324 g/mol. The first kappa shape index (κ1) is 19.1. The highest BCUT2D eigenvalue weighted by Crippen LogP contribution is 2.32. The molecule has 0 aliphatic heterocycles. The zero-order valence-corrected chi connectivity index (χ0v) is 14.7. The predicted molar refractivity (Wildman–Crippen MR) is 89.6 cm³/mol. The molecule has 0 radical (unpaired) electrons. The Morgan fingerprint density at radius 1 is 1.17 bits per heavy atom. The summed E-state index contributed by atoms with van der Waals surface area (Å²) < 4.78 is 5.25. The SMILES string of the molecule is CC(NCC(C)(C)NC(=O)OC(C)(C)C)c1c(O)cccc1O. The van der Waals surface area contributed by atoms with Crippen LogP contribution in [0.3, 0.4) is 0 Å². The summed E-state index contributed by atoms with van der Waals surface area (Å²) in [6.07, 6.45) is -0.484. The fraction of sp³-hybridized carbons (Fsp3) is 0.588. The molecule has 1 rings (SSSR count). The Morgan fingerprint density at radius 3 is 2.17 bits per heavy atom. The highest BCUT2D eigenvalue weighted by Gasteiger charge is 2.25. The Labute approximate surface area is 137 Å². The number of benzene rings is 1. The highest BCUT2D eigenvalue weighted by atomic mass is 16.6. The van der Waals surface area contributed by atoms with E-state index in [1.807, 2.05) is 20.8 Å². The number of hydrogen-bond acceptors (Lipinski definition) is 5. The van der Waals surface area contributed by atoms with E-state index in [-0.39, 0.29) is 17.5 Å². The van der Waals surface area contributed by atoms with Crippen LogP contribution in [0, 0.1) is 0 Å². The Hall–Kier alpha value is -1.95. The lowest BCUT2D eigenvalue weighted by molar-refractivity contribution is 0.0470. The van der Waals surface area contributed by atoms with Gasteiger partial charge in [-0.05, 0) is 53.7 Å². The molecule has 0 saturated heterocycles. The maximum atomic E-state index is 11.9. The largest absolute Gasteiger partial charge is 0.507 e. The van der Waals surface area contributed by atoms with E-state index in [0.29, 0.717) is 12.1 Å². The number of phenols is 2. The van der Waals surface area contributed by atoms with Crippen LogP contribution in [0.15, 0.2) is 18.2 Å². The van der Waals surface area contributed by atoms with E-state index in [1.165, 1.54) is 12.1 Å². The second kappa shape index (κ2) is 7.08. The molecule has 130 valence electrons. The zero-order chi connectivity index (χ0) is 17.8. The number of carbonyl (C=O) groups excluding carboxylic acids is 1. The smallest absolute Gasteiger partial charge is 0.408 e.